The Morgan fingerprint density at radius 1 is 1.60 bits per heavy atom. The molecule has 0 amide bonds. The summed E-state index contributed by atoms with van der Waals surface area (Å²) in [6.45, 7) is 0. The first-order chi connectivity index (χ1) is 7.20. The first-order valence-corrected chi connectivity index (χ1v) is 5.85. The lowest BCUT2D eigenvalue weighted by molar-refractivity contribution is -0.141. The lowest BCUT2D eigenvalue weighted by Crippen LogP contribution is -2.06. The number of fused-ring (bicyclic) bond motifs is 1. The number of carbonyl (C=O) groups is 1. The molecule has 0 aromatic heterocycles. The smallest absolute Gasteiger partial charge is 0.306 e. The summed E-state index contributed by atoms with van der Waals surface area (Å²) in [5, 5.41) is 0. The predicted octanol–water partition coefficient (Wildman–Crippen LogP) is 3.04. The summed E-state index contributed by atoms with van der Waals surface area (Å²) < 4.78 is 5.79. The van der Waals surface area contributed by atoms with Crippen LogP contribution in [0.25, 0.3) is 0 Å². The highest BCUT2D eigenvalue weighted by molar-refractivity contribution is 9.10. The minimum atomic E-state index is -0.118. The predicted molar refractivity (Wildman–Crippen MR) is 61.8 cm³/mol. The van der Waals surface area contributed by atoms with Gasteiger partial charge in [0.2, 0.25) is 0 Å². The molecule has 15 heavy (non-hydrogen) atoms. The number of methoxy groups -OCH3 is 1. The molecule has 0 saturated heterocycles. The molecular weight excluding hydrogens is 256 g/mol. The first kappa shape index (κ1) is 10.7. The van der Waals surface area contributed by atoms with Crippen molar-refractivity contribution in [3.63, 3.8) is 0 Å². The van der Waals surface area contributed by atoms with Gasteiger partial charge in [-0.25, -0.2) is 0 Å². The quantitative estimate of drug-likeness (QED) is 0.771. The Balaban J connectivity index is 2.20. The van der Waals surface area contributed by atoms with Gasteiger partial charge in [-0.1, -0.05) is 22.0 Å². The summed E-state index contributed by atoms with van der Waals surface area (Å²) in [6.07, 6.45) is 2.63. The summed E-state index contributed by atoms with van der Waals surface area (Å²) in [4.78, 5) is 11.2. The topological polar surface area (TPSA) is 26.3 Å². The van der Waals surface area contributed by atoms with Crippen molar-refractivity contribution in [1.29, 1.82) is 0 Å². The number of rotatable bonds is 2. The van der Waals surface area contributed by atoms with Crippen molar-refractivity contribution in [2.45, 2.75) is 25.2 Å². The van der Waals surface area contributed by atoms with Crippen molar-refractivity contribution in [3.05, 3.63) is 33.8 Å². The van der Waals surface area contributed by atoms with Crippen LogP contribution in [0.3, 0.4) is 0 Å². The Morgan fingerprint density at radius 2 is 2.40 bits per heavy atom. The Hall–Kier alpha value is -0.830. The van der Waals surface area contributed by atoms with Crippen molar-refractivity contribution >= 4 is 21.9 Å². The number of hydrogen-bond acceptors (Lipinski definition) is 2. The molecule has 80 valence electrons. The molecule has 0 N–H and O–H groups in total. The molecule has 0 spiro atoms. The van der Waals surface area contributed by atoms with E-state index in [1.54, 1.807) is 0 Å². The Morgan fingerprint density at radius 3 is 3.13 bits per heavy atom. The number of halogens is 1. The van der Waals surface area contributed by atoms with Crippen LogP contribution in [0, 0.1) is 0 Å². The molecule has 2 nitrogen and oxygen atoms in total. The fourth-order valence-electron chi connectivity index (χ4n) is 2.16. The third kappa shape index (κ3) is 2.23. The number of ether oxygens (including phenoxy) is 1. The number of hydrogen-bond donors (Lipinski definition) is 0. The van der Waals surface area contributed by atoms with Gasteiger partial charge in [-0.05, 0) is 42.0 Å². The summed E-state index contributed by atoms with van der Waals surface area (Å²) >= 11 is 3.46. The van der Waals surface area contributed by atoms with Crippen LogP contribution in [0.15, 0.2) is 22.7 Å². The Bertz CT molecular complexity index is 387. The minimum absolute atomic E-state index is 0.118. The average Bonchev–Trinajstić information content (AvgIpc) is 2.61. The number of carbonyl (C=O) groups excluding carboxylic acids is 1. The lowest BCUT2D eigenvalue weighted by atomic mass is 9.98. The third-order valence-electron chi connectivity index (χ3n) is 2.95. The van der Waals surface area contributed by atoms with Gasteiger partial charge < -0.3 is 4.74 Å². The van der Waals surface area contributed by atoms with E-state index < -0.39 is 0 Å². The van der Waals surface area contributed by atoms with E-state index in [1.165, 1.54) is 18.2 Å². The molecule has 0 heterocycles. The van der Waals surface area contributed by atoms with Crippen LogP contribution in [0.5, 0.6) is 0 Å². The third-order valence-corrected chi connectivity index (χ3v) is 3.44. The average molecular weight is 269 g/mol. The van der Waals surface area contributed by atoms with Crippen LogP contribution in [0.4, 0.5) is 0 Å². The molecule has 1 aliphatic carbocycles. The van der Waals surface area contributed by atoms with Crippen molar-refractivity contribution in [1.82, 2.24) is 0 Å². The summed E-state index contributed by atoms with van der Waals surface area (Å²) in [6, 6.07) is 6.31. The lowest BCUT2D eigenvalue weighted by Gasteiger charge is -2.09. The number of aryl methyl sites for hydroxylation is 1. The Labute approximate surface area is 97.8 Å². The van der Waals surface area contributed by atoms with Gasteiger partial charge in [0.05, 0.1) is 13.5 Å². The normalized spacial score (nSPS) is 18.7. The molecule has 0 saturated carbocycles. The van der Waals surface area contributed by atoms with Crippen LogP contribution in [0.2, 0.25) is 0 Å². The highest BCUT2D eigenvalue weighted by Gasteiger charge is 2.24. The van der Waals surface area contributed by atoms with Crippen LogP contribution in [-0.2, 0) is 16.0 Å². The van der Waals surface area contributed by atoms with Crippen LogP contribution in [0.1, 0.15) is 29.9 Å². The molecule has 0 aliphatic heterocycles. The van der Waals surface area contributed by atoms with E-state index in [2.05, 4.69) is 34.1 Å². The molecule has 1 atom stereocenters. The molecule has 3 heteroatoms. The number of esters is 1. The van der Waals surface area contributed by atoms with Gasteiger partial charge in [-0.2, -0.15) is 0 Å². The second-order valence-corrected chi connectivity index (χ2v) is 4.77. The van der Waals surface area contributed by atoms with E-state index in [1.807, 2.05) is 0 Å². The zero-order valence-electron chi connectivity index (χ0n) is 8.63. The highest BCUT2D eigenvalue weighted by Crippen LogP contribution is 2.37. The second kappa shape index (κ2) is 4.35. The summed E-state index contributed by atoms with van der Waals surface area (Å²) in [5.41, 5.74) is 2.67. The van der Waals surface area contributed by atoms with Gasteiger partial charge >= 0.3 is 5.97 Å². The van der Waals surface area contributed by atoms with Gasteiger partial charge in [0.1, 0.15) is 0 Å². The first-order valence-electron chi connectivity index (χ1n) is 5.06. The molecule has 1 aliphatic rings. The maximum atomic E-state index is 11.2. The fourth-order valence-corrected chi connectivity index (χ4v) is 2.53. The maximum Gasteiger partial charge on any atom is 0.306 e. The van der Waals surface area contributed by atoms with E-state index in [0.717, 1.165) is 17.3 Å². The monoisotopic (exact) mass is 268 g/mol. The van der Waals surface area contributed by atoms with Crippen LogP contribution < -0.4 is 0 Å². The van der Waals surface area contributed by atoms with Crippen LogP contribution >= 0.6 is 15.9 Å². The van der Waals surface area contributed by atoms with Gasteiger partial charge in [0.25, 0.3) is 0 Å². The van der Waals surface area contributed by atoms with Crippen molar-refractivity contribution in [2.75, 3.05) is 7.11 Å². The van der Waals surface area contributed by atoms with Gasteiger partial charge in [-0.3, -0.25) is 4.79 Å². The van der Waals surface area contributed by atoms with Crippen molar-refractivity contribution in [2.24, 2.45) is 0 Å². The standard InChI is InChI=1S/C12H13BrO2/c1-15-12(14)6-9-3-2-8-4-5-10(13)7-11(8)9/h4-5,7,9H,2-3,6H2,1H3/t9-/m0/s1. The largest absolute Gasteiger partial charge is 0.469 e. The molecule has 0 bridgehead atoms. The summed E-state index contributed by atoms with van der Waals surface area (Å²) in [7, 11) is 1.44. The van der Waals surface area contributed by atoms with Crippen molar-refractivity contribution < 1.29 is 9.53 Å². The molecule has 0 fully saturated rings. The van der Waals surface area contributed by atoms with E-state index in [0.29, 0.717) is 12.3 Å². The molecule has 0 radical (unpaired) electrons. The van der Waals surface area contributed by atoms with Crippen LogP contribution in [-0.4, -0.2) is 13.1 Å². The molecular formula is C12H13BrO2. The van der Waals surface area contributed by atoms with E-state index >= 15 is 0 Å². The Kier molecular flexibility index (Phi) is 3.10. The number of benzene rings is 1. The fraction of sp³-hybridized carbons (Fsp3) is 0.417. The van der Waals surface area contributed by atoms with Gasteiger partial charge in [0, 0.05) is 4.47 Å². The zero-order valence-corrected chi connectivity index (χ0v) is 10.2. The van der Waals surface area contributed by atoms with E-state index in [9.17, 15) is 4.79 Å². The van der Waals surface area contributed by atoms with Gasteiger partial charge in [-0.15, -0.1) is 0 Å². The molecule has 1 aromatic rings. The van der Waals surface area contributed by atoms with Gasteiger partial charge in [0.15, 0.2) is 0 Å². The van der Waals surface area contributed by atoms with E-state index in [-0.39, 0.29) is 5.97 Å². The highest BCUT2D eigenvalue weighted by atomic mass is 79.9. The summed E-state index contributed by atoms with van der Waals surface area (Å²) in [5.74, 6) is 0.220. The molecule has 2 rings (SSSR count). The second-order valence-electron chi connectivity index (χ2n) is 3.86. The minimum Gasteiger partial charge on any atom is -0.469 e. The van der Waals surface area contributed by atoms with Crippen molar-refractivity contribution in [3.8, 4) is 0 Å². The molecule has 1 aromatic carbocycles. The SMILES string of the molecule is COC(=O)C[C@@H]1CCc2ccc(Br)cc21. The van der Waals surface area contributed by atoms with E-state index in [4.69, 9.17) is 4.74 Å². The molecule has 0 unspecified atom stereocenters. The maximum absolute atomic E-state index is 11.2. The zero-order chi connectivity index (χ0) is 10.8.